The normalized spacial score (nSPS) is 13.8. The van der Waals surface area contributed by atoms with Crippen LogP contribution in [0.3, 0.4) is 0 Å². The molecule has 1 heterocycles. The number of nitrogens with one attached hydrogen (secondary N) is 1. The Bertz CT molecular complexity index is 1510. The van der Waals surface area contributed by atoms with Crippen LogP contribution in [0.2, 0.25) is 0 Å². The zero-order valence-corrected chi connectivity index (χ0v) is 27.1. The molecule has 0 bridgehead atoms. The lowest BCUT2D eigenvalue weighted by Crippen LogP contribution is -2.34. The molecule has 0 spiro atoms. The van der Waals surface area contributed by atoms with Crippen LogP contribution in [0.15, 0.2) is 102 Å². The Kier molecular flexibility index (Phi) is 12.4. The molecular formula is C38H44N2O2S. The minimum atomic E-state index is -0.457. The molecule has 0 saturated heterocycles. The second-order valence-corrected chi connectivity index (χ2v) is 12.8. The fraction of sp³-hybridized carbons (Fsp3) is 0.316. The van der Waals surface area contributed by atoms with Gasteiger partial charge >= 0.3 is 0 Å². The lowest BCUT2D eigenvalue weighted by atomic mass is 9.94. The number of benzene rings is 2. The van der Waals surface area contributed by atoms with Gasteiger partial charge in [-0.2, -0.15) is 0 Å². The number of nitrogens with zero attached hydrogens (tertiary/aromatic N) is 1. The number of hydrogen-bond acceptors (Lipinski definition) is 4. The fourth-order valence-corrected chi connectivity index (χ4v) is 5.41. The standard InChI is InChI=1S/C38H44N2O2S/c1-8-27(4)36(39-26-29(10-3)13-16-30-14-11-28(9-2)12-15-30)32-19-17-31(18-20-32)25-33(23-24-41)40-37(42)34-21-22-35(43-34)38(5,6)7/h10-23,26-27,33H,3,8-9,25H2,1-2,4-7H3,(H,40,42)/b16-13+,29-26+,39-36?/t27?,33-/m1/s1. The largest absolute Gasteiger partial charge is 0.344 e. The molecule has 0 aliphatic heterocycles. The van der Waals surface area contributed by atoms with E-state index < -0.39 is 6.04 Å². The molecule has 2 atom stereocenters. The molecule has 224 valence electrons. The van der Waals surface area contributed by atoms with Gasteiger partial charge in [-0.1, -0.05) is 115 Å². The third kappa shape index (κ3) is 10.0. The molecule has 1 unspecified atom stereocenters. The summed E-state index contributed by atoms with van der Waals surface area (Å²) in [5.74, 6) is 1.93. The summed E-state index contributed by atoms with van der Waals surface area (Å²) in [6, 6.07) is 20.1. The lowest BCUT2D eigenvalue weighted by molar-refractivity contribution is 0.0948. The van der Waals surface area contributed by atoms with E-state index in [1.54, 1.807) is 0 Å². The van der Waals surface area contributed by atoms with Crippen LogP contribution in [0.1, 0.15) is 84.8 Å². The first-order chi connectivity index (χ1) is 20.6. The highest BCUT2D eigenvalue weighted by Crippen LogP contribution is 2.29. The van der Waals surface area contributed by atoms with Crippen molar-refractivity contribution in [3.8, 4) is 0 Å². The predicted octanol–water partition coefficient (Wildman–Crippen LogP) is 8.96. The monoisotopic (exact) mass is 592 g/mol. The van der Waals surface area contributed by atoms with E-state index in [1.165, 1.54) is 23.0 Å². The Morgan fingerprint density at radius 3 is 2.26 bits per heavy atom. The van der Waals surface area contributed by atoms with Crippen LogP contribution in [0.5, 0.6) is 0 Å². The molecule has 1 amide bonds. The minimum Gasteiger partial charge on any atom is -0.344 e. The molecule has 0 aliphatic rings. The van der Waals surface area contributed by atoms with Gasteiger partial charge in [0.25, 0.3) is 5.91 Å². The van der Waals surface area contributed by atoms with Crippen molar-refractivity contribution in [3.63, 3.8) is 0 Å². The number of carbonyl (C=O) groups is 1. The highest BCUT2D eigenvalue weighted by atomic mass is 32.1. The van der Waals surface area contributed by atoms with Gasteiger partial charge < -0.3 is 5.32 Å². The SMILES string of the molecule is C=CC(/C=C/c1ccc(CC)cc1)=C\N=C(c1ccc(C[C@@H](C=C=O)NC(=O)c2ccc(C(C)(C)C)s2)cc1)C(C)CC. The van der Waals surface area contributed by atoms with Crippen molar-refractivity contribution >= 4 is 35.0 Å². The van der Waals surface area contributed by atoms with Crippen molar-refractivity contribution in [2.24, 2.45) is 10.9 Å². The summed E-state index contributed by atoms with van der Waals surface area (Å²) in [7, 11) is 0. The number of thiophene rings is 1. The summed E-state index contributed by atoms with van der Waals surface area (Å²) in [4.78, 5) is 30.9. The average Bonchev–Trinajstić information content (AvgIpc) is 3.51. The van der Waals surface area contributed by atoms with Gasteiger partial charge in [-0.3, -0.25) is 9.79 Å². The third-order valence-electron chi connectivity index (χ3n) is 7.38. The van der Waals surface area contributed by atoms with E-state index in [1.807, 2.05) is 48.6 Å². The third-order valence-corrected chi connectivity index (χ3v) is 8.89. The van der Waals surface area contributed by atoms with Crippen LogP contribution in [-0.4, -0.2) is 23.6 Å². The molecule has 5 heteroatoms. The van der Waals surface area contributed by atoms with Gasteiger partial charge in [0.15, 0.2) is 0 Å². The molecule has 3 aromatic rings. The van der Waals surface area contributed by atoms with Crippen LogP contribution < -0.4 is 5.32 Å². The number of rotatable bonds is 13. The van der Waals surface area contributed by atoms with Gasteiger partial charge in [-0.05, 0) is 70.6 Å². The van der Waals surface area contributed by atoms with Crippen molar-refractivity contribution in [1.82, 2.24) is 5.32 Å². The number of hydrogen-bond donors (Lipinski definition) is 1. The highest BCUT2D eigenvalue weighted by Gasteiger charge is 2.20. The quantitative estimate of drug-likeness (QED) is 0.122. The summed E-state index contributed by atoms with van der Waals surface area (Å²) < 4.78 is 0. The topological polar surface area (TPSA) is 58.5 Å². The first-order valence-corrected chi connectivity index (χ1v) is 15.8. The highest BCUT2D eigenvalue weighted by molar-refractivity contribution is 7.14. The molecule has 4 nitrogen and oxygen atoms in total. The van der Waals surface area contributed by atoms with Gasteiger partial charge in [-0.25, -0.2) is 4.79 Å². The fourth-order valence-electron chi connectivity index (χ4n) is 4.45. The minimum absolute atomic E-state index is 0.0225. The van der Waals surface area contributed by atoms with Gasteiger partial charge in [-0.15, -0.1) is 11.3 Å². The first-order valence-electron chi connectivity index (χ1n) is 15.0. The van der Waals surface area contributed by atoms with Crippen molar-refractivity contribution in [2.75, 3.05) is 0 Å². The second kappa shape index (κ2) is 16.0. The van der Waals surface area contributed by atoms with Gasteiger partial charge in [0, 0.05) is 17.2 Å². The van der Waals surface area contributed by atoms with Crippen LogP contribution in [0.25, 0.3) is 6.08 Å². The number of aryl methyl sites for hydroxylation is 1. The zero-order valence-electron chi connectivity index (χ0n) is 26.3. The van der Waals surface area contributed by atoms with E-state index in [2.05, 4.69) is 95.9 Å². The van der Waals surface area contributed by atoms with Crippen LogP contribution in [0, 0.1) is 5.92 Å². The zero-order chi connectivity index (χ0) is 31.4. The summed E-state index contributed by atoms with van der Waals surface area (Å²) >= 11 is 1.48. The van der Waals surface area contributed by atoms with Crippen LogP contribution >= 0.6 is 11.3 Å². The molecule has 43 heavy (non-hydrogen) atoms. The molecule has 0 aliphatic carbocycles. The van der Waals surface area contributed by atoms with Crippen molar-refractivity contribution < 1.29 is 9.59 Å². The van der Waals surface area contributed by atoms with Crippen molar-refractivity contribution in [3.05, 3.63) is 129 Å². The maximum atomic E-state index is 12.9. The molecule has 0 radical (unpaired) electrons. The molecule has 2 aromatic carbocycles. The van der Waals surface area contributed by atoms with E-state index in [9.17, 15) is 9.59 Å². The number of carbonyl (C=O) groups excluding carboxylic acids is 2. The summed E-state index contributed by atoms with van der Waals surface area (Å²) in [5, 5.41) is 2.99. The maximum Gasteiger partial charge on any atom is 0.261 e. The second-order valence-electron chi connectivity index (χ2n) is 11.8. The average molecular weight is 593 g/mol. The summed E-state index contributed by atoms with van der Waals surface area (Å²) in [6.45, 7) is 16.8. The van der Waals surface area contributed by atoms with Gasteiger partial charge in [0.05, 0.1) is 16.6 Å². The maximum absolute atomic E-state index is 12.9. The lowest BCUT2D eigenvalue weighted by Gasteiger charge is -2.16. The van der Waals surface area contributed by atoms with E-state index in [0.29, 0.717) is 11.3 Å². The van der Waals surface area contributed by atoms with E-state index in [0.717, 1.165) is 45.7 Å². The smallest absolute Gasteiger partial charge is 0.261 e. The van der Waals surface area contributed by atoms with Gasteiger partial charge in [0.2, 0.25) is 0 Å². The first kappa shape index (κ1) is 33.5. The van der Waals surface area contributed by atoms with E-state index in [-0.39, 0.29) is 17.2 Å². The molecule has 1 N–H and O–H groups in total. The Balaban J connectivity index is 1.76. The number of allylic oxidation sites excluding steroid dienone is 3. The van der Waals surface area contributed by atoms with E-state index in [4.69, 9.17) is 4.99 Å². The summed E-state index contributed by atoms with van der Waals surface area (Å²) in [6.07, 6.45) is 11.6. The Morgan fingerprint density at radius 1 is 1.02 bits per heavy atom. The van der Waals surface area contributed by atoms with E-state index >= 15 is 0 Å². The van der Waals surface area contributed by atoms with Gasteiger partial charge in [0.1, 0.15) is 5.94 Å². The Hall–Kier alpha value is -4.05. The Morgan fingerprint density at radius 2 is 1.70 bits per heavy atom. The molecule has 3 rings (SSSR count). The molecule has 0 fully saturated rings. The number of amides is 1. The van der Waals surface area contributed by atoms with Crippen LogP contribution in [0.4, 0.5) is 0 Å². The molecule has 1 aromatic heterocycles. The summed E-state index contributed by atoms with van der Waals surface area (Å²) in [5.41, 5.74) is 6.40. The molecule has 0 saturated carbocycles. The number of aliphatic imine (C=N–C) groups is 1. The van der Waals surface area contributed by atoms with Crippen LogP contribution in [-0.2, 0) is 23.1 Å². The predicted molar refractivity (Wildman–Crippen MR) is 184 cm³/mol. The Labute approximate surface area is 261 Å². The molecular weight excluding hydrogens is 548 g/mol. The van der Waals surface area contributed by atoms with Crippen molar-refractivity contribution in [2.45, 2.75) is 72.3 Å². The van der Waals surface area contributed by atoms with Crippen molar-refractivity contribution in [1.29, 1.82) is 0 Å².